The maximum absolute atomic E-state index is 12.5. The van der Waals surface area contributed by atoms with E-state index >= 15 is 0 Å². The zero-order valence-electron chi connectivity index (χ0n) is 14.6. The van der Waals surface area contributed by atoms with Gasteiger partial charge in [0.15, 0.2) is 0 Å². The fourth-order valence-corrected chi connectivity index (χ4v) is 2.67. The lowest BCUT2D eigenvalue weighted by Gasteiger charge is -2.16. The third kappa shape index (κ3) is 3.13. The Bertz CT molecular complexity index is 987. The Kier molecular flexibility index (Phi) is 4.31. The highest BCUT2D eigenvalue weighted by atomic mass is 16.5. The monoisotopic (exact) mass is 340 g/mol. The molecule has 1 amide bonds. The number of imidazole rings is 1. The molecule has 0 aliphatic heterocycles. The lowest BCUT2D eigenvalue weighted by molar-refractivity contribution is 0.102. The van der Waals surface area contributed by atoms with Crippen molar-refractivity contribution in [2.24, 2.45) is 14.1 Å². The Balaban J connectivity index is 2.10. The third-order valence-corrected chi connectivity index (χ3v) is 3.91. The maximum Gasteiger partial charge on any atom is 0.328 e. The zero-order chi connectivity index (χ0) is 18.1. The van der Waals surface area contributed by atoms with Crippen LogP contribution in [0.15, 0.2) is 41.5 Å². The number of amides is 1. The number of aromatic nitrogens is 3. The molecular formula is C18H20N4O3. The molecule has 2 heterocycles. The van der Waals surface area contributed by atoms with Gasteiger partial charge in [-0.2, -0.15) is 0 Å². The summed E-state index contributed by atoms with van der Waals surface area (Å²) in [6, 6.07) is 6.91. The van der Waals surface area contributed by atoms with Crippen molar-refractivity contribution in [2.45, 2.75) is 20.0 Å². The van der Waals surface area contributed by atoms with Crippen LogP contribution in [0.3, 0.4) is 0 Å². The van der Waals surface area contributed by atoms with E-state index in [1.807, 2.05) is 13.8 Å². The molecule has 3 aromatic rings. The maximum atomic E-state index is 12.5. The molecule has 0 bridgehead atoms. The van der Waals surface area contributed by atoms with Crippen LogP contribution in [0.1, 0.15) is 24.2 Å². The number of hydrogen-bond acceptors (Lipinski definition) is 4. The SMILES string of the molecule is CC(C)Oc1cc2c(cc1NC(=O)c1cccnc1)n(C)c(=O)n2C. The number of ether oxygens (including phenoxy) is 1. The van der Waals surface area contributed by atoms with Crippen LogP contribution >= 0.6 is 0 Å². The summed E-state index contributed by atoms with van der Waals surface area (Å²) in [6.45, 7) is 3.81. The molecular weight excluding hydrogens is 320 g/mol. The minimum absolute atomic E-state index is 0.0766. The van der Waals surface area contributed by atoms with E-state index in [4.69, 9.17) is 4.74 Å². The van der Waals surface area contributed by atoms with Gasteiger partial charge in [0.1, 0.15) is 5.75 Å². The highest BCUT2D eigenvalue weighted by Gasteiger charge is 2.16. The normalized spacial score (nSPS) is 11.1. The van der Waals surface area contributed by atoms with E-state index in [0.717, 1.165) is 5.52 Å². The van der Waals surface area contributed by atoms with E-state index in [-0.39, 0.29) is 17.7 Å². The molecule has 0 atom stereocenters. The van der Waals surface area contributed by atoms with Crippen LogP contribution in [0, 0.1) is 0 Å². The first-order valence-corrected chi connectivity index (χ1v) is 7.96. The summed E-state index contributed by atoms with van der Waals surface area (Å²) in [4.78, 5) is 28.6. The molecule has 0 aliphatic rings. The lowest BCUT2D eigenvalue weighted by atomic mass is 10.2. The molecule has 7 nitrogen and oxygen atoms in total. The number of nitrogens with one attached hydrogen (secondary N) is 1. The molecule has 0 saturated heterocycles. The molecule has 130 valence electrons. The molecule has 0 unspecified atom stereocenters. The predicted molar refractivity (Wildman–Crippen MR) is 96.1 cm³/mol. The van der Waals surface area contributed by atoms with Crippen molar-refractivity contribution in [1.82, 2.24) is 14.1 Å². The van der Waals surface area contributed by atoms with Gasteiger partial charge in [0.25, 0.3) is 5.91 Å². The van der Waals surface area contributed by atoms with Gasteiger partial charge in [-0.1, -0.05) is 0 Å². The van der Waals surface area contributed by atoms with Gasteiger partial charge in [-0.3, -0.25) is 18.9 Å². The fourth-order valence-electron chi connectivity index (χ4n) is 2.67. The number of anilines is 1. The van der Waals surface area contributed by atoms with E-state index in [1.54, 1.807) is 49.1 Å². The molecule has 25 heavy (non-hydrogen) atoms. The Morgan fingerprint density at radius 3 is 2.48 bits per heavy atom. The number of aryl methyl sites for hydroxylation is 2. The molecule has 0 fully saturated rings. The number of nitrogens with zero attached hydrogens (tertiary/aromatic N) is 3. The second-order valence-corrected chi connectivity index (χ2v) is 6.10. The van der Waals surface area contributed by atoms with Crippen LogP contribution in [0.2, 0.25) is 0 Å². The van der Waals surface area contributed by atoms with E-state index in [1.165, 1.54) is 10.8 Å². The second kappa shape index (κ2) is 6.43. The summed E-state index contributed by atoms with van der Waals surface area (Å²) in [6.07, 6.45) is 3.03. The first kappa shape index (κ1) is 16.8. The third-order valence-electron chi connectivity index (χ3n) is 3.91. The highest BCUT2D eigenvalue weighted by molar-refractivity contribution is 6.05. The number of carbonyl (C=O) groups excluding carboxylic acids is 1. The van der Waals surface area contributed by atoms with Gasteiger partial charge in [0.2, 0.25) is 0 Å². The van der Waals surface area contributed by atoms with Crippen LogP contribution < -0.4 is 15.7 Å². The van der Waals surface area contributed by atoms with Crippen molar-refractivity contribution in [3.05, 3.63) is 52.7 Å². The predicted octanol–water partition coefficient (Wildman–Crippen LogP) is 2.31. The lowest BCUT2D eigenvalue weighted by Crippen LogP contribution is -2.19. The Morgan fingerprint density at radius 2 is 1.88 bits per heavy atom. The molecule has 7 heteroatoms. The van der Waals surface area contributed by atoms with Crippen molar-refractivity contribution in [3.8, 4) is 5.75 Å². The minimum Gasteiger partial charge on any atom is -0.489 e. The molecule has 3 rings (SSSR count). The van der Waals surface area contributed by atoms with Crippen molar-refractivity contribution in [2.75, 3.05) is 5.32 Å². The van der Waals surface area contributed by atoms with Crippen LogP contribution in [-0.4, -0.2) is 26.1 Å². The number of pyridine rings is 1. The second-order valence-electron chi connectivity index (χ2n) is 6.10. The van der Waals surface area contributed by atoms with Crippen molar-refractivity contribution >= 4 is 22.6 Å². The Morgan fingerprint density at radius 1 is 1.20 bits per heavy atom. The highest BCUT2D eigenvalue weighted by Crippen LogP contribution is 2.31. The van der Waals surface area contributed by atoms with E-state index < -0.39 is 0 Å². The van der Waals surface area contributed by atoms with E-state index in [9.17, 15) is 9.59 Å². The molecule has 0 spiro atoms. The summed E-state index contributed by atoms with van der Waals surface area (Å²) >= 11 is 0. The number of fused-ring (bicyclic) bond motifs is 1. The van der Waals surface area contributed by atoms with Crippen LogP contribution in [0.4, 0.5) is 5.69 Å². The van der Waals surface area contributed by atoms with E-state index in [0.29, 0.717) is 22.5 Å². The minimum atomic E-state index is -0.290. The first-order chi connectivity index (χ1) is 11.9. The summed E-state index contributed by atoms with van der Waals surface area (Å²) in [5.41, 5.74) is 2.27. The van der Waals surface area contributed by atoms with Crippen molar-refractivity contribution in [3.63, 3.8) is 0 Å². The van der Waals surface area contributed by atoms with Gasteiger partial charge in [0, 0.05) is 32.6 Å². The van der Waals surface area contributed by atoms with Crippen LogP contribution in [0.25, 0.3) is 11.0 Å². The Labute approximate surface area is 144 Å². The fraction of sp³-hybridized carbons (Fsp3) is 0.278. The van der Waals surface area contributed by atoms with Crippen LogP contribution in [0.5, 0.6) is 5.75 Å². The summed E-state index contributed by atoms with van der Waals surface area (Å²) in [7, 11) is 3.40. The quantitative estimate of drug-likeness (QED) is 0.790. The molecule has 0 radical (unpaired) electrons. The van der Waals surface area contributed by atoms with E-state index in [2.05, 4.69) is 10.3 Å². The number of hydrogen-bond donors (Lipinski definition) is 1. The molecule has 2 aromatic heterocycles. The molecule has 1 N–H and O–H groups in total. The van der Waals surface area contributed by atoms with Gasteiger partial charge in [-0.25, -0.2) is 4.79 Å². The Hall–Kier alpha value is -3.09. The van der Waals surface area contributed by atoms with Gasteiger partial charge < -0.3 is 10.1 Å². The number of benzene rings is 1. The largest absolute Gasteiger partial charge is 0.489 e. The number of carbonyl (C=O) groups is 1. The molecule has 0 aliphatic carbocycles. The number of rotatable bonds is 4. The molecule has 1 aromatic carbocycles. The summed E-state index contributed by atoms with van der Waals surface area (Å²) in [5, 5.41) is 2.85. The smallest absolute Gasteiger partial charge is 0.328 e. The van der Waals surface area contributed by atoms with Crippen molar-refractivity contribution in [1.29, 1.82) is 0 Å². The standard InChI is InChI=1S/C18H20N4O3/c1-11(2)25-16-9-15-14(21(3)18(24)22(15)4)8-13(16)20-17(23)12-6-5-7-19-10-12/h5-11H,1-4H3,(H,20,23). The van der Waals surface area contributed by atoms with Gasteiger partial charge >= 0.3 is 5.69 Å². The zero-order valence-corrected chi connectivity index (χ0v) is 14.6. The van der Waals surface area contributed by atoms with Gasteiger partial charge in [-0.15, -0.1) is 0 Å². The molecule has 0 saturated carbocycles. The van der Waals surface area contributed by atoms with Gasteiger partial charge in [0.05, 0.1) is 28.4 Å². The van der Waals surface area contributed by atoms with Crippen LogP contribution in [-0.2, 0) is 14.1 Å². The summed E-state index contributed by atoms with van der Waals surface area (Å²) in [5.74, 6) is 0.225. The topological polar surface area (TPSA) is 78.2 Å². The first-order valence-electron chi connectivity index (χ1n) is 7.96. The van der Waals surface area contributed by atoms with Crippen molar-refractivity contribution < 1.29 is 9.53 Å². The average Bonchev–Trinajstić information content (AvgIpc) is 2.80. The summed E-state index contributed by atoms with van der Waals surface area (Å²) < 4.78 is 8.93. The van der Waals surface area contributed by atoms with Gasteiger partial charge in [-0.05, 0) is 32.0 Å². The average molecular weight is 340 g/mol.